The molecule has 1 aromatic carbocycles. The van der Waals surface area contributed by atoms with Gasteiger partial charge in [0.15, 0.2) is 11.5 Å². The minimum Gasteiger partial charge on any atom is -0.441 e. The summed E-state index contributed by atoms with van der Waals surface area (Å²) in [5, 5.41) is 3.68. The molecule has 1 aliphatic carbocycles. The highest BCUT2D eigenvalue weighted by molar-refractivity contribution is 5.77. The van der Waals surface area contributed by atoms with Crippen molar-refractivity contribution in [2.75, 3.05) is 5.32 Å². The molecule has 0 spiro atoms. The van der Waals surface area contributed by atoms with Crippen LogP contribution in [0.3, 0.4) is 0 Å². The number of hydrogen-bond acceptors (Lipinski definition) is 3. The maximum absolute atomic E-state index is 5.66. The molecular formula is C18H26N2O. The van der Waals surface area contributed by atoms with Gasteiger partial charge in [-0.3, -0.25) is 0 Å². The van der Waals surface area contributed by atoms with E-state index in [1.807, 2.05) is 6.07 Å². The Kier molecular flexibility index (Phi) is 4.18. The number of oxazole rings is 1. The van der Waals surface area contributed by atoms with Crippen molar-refractivity contribution in [3.8, 4) is 0 Å². The number of fused-ring (bicyclic) bond motifs is 1. The Morgan fingerprint density at radius 2 is 2.00 bits per heavy atom. The van der Waals surface area contributed by atoms with Crippen LogP contribution < -0.4 is 5.32 Å². The standard InChI is InChI=1S/C18H26N2O/c1-4-18-20-16-11-15(9-10-17(16)21-18)19-14-7-5-13(6-8-14)12(2)3/h9-14,19H,4-8H2,1-3H3. The normalized spacial score (nSPS) is 22.9. The second kappa shape index (κ2) is 6.08. The molecule has 1 fully saturated rings. The van der Waals surface area contributed by atoms with Crippen LogP contribution in [-0.4, -0.2) is 11.0 Å². The van der Waals surface area contributed by atoms with E-state index in [2.05, 4.69) is 43.2 Å². The van der Waals surface area contributed by atoms with E-state index in [1.54, 1.807) is 0 Å². The topological polar surface area (TPSA) is 38.1 Å². The van der Waals surface area contributed by atoms with E-state index >= 15 is 0 Å². The van der Waals surface area contributed by atoms with Gasteiger partial charge in [-0.1, -0.05) is 20.8 Å². The van der Waals surface area contributed by atoms with Gasteiger partial charge in [0.05, 0.1) is 0 Å². The fourth-order valence-corrected chi connectivity index (χ4v) is 3.38. The van der Waals surface area contributed by atoms with Crippen molar-refractivity contribution in [1.29, 1.82) is 0 Å². The Balaban J connectivity index is 1.65. The second-order valence-electron chi connectivity index (χ2n) is 6.64. The third kappa shape index (κ3) is 3.22. The van der Waals surface area contributed by atoms with Crippen LogP contribution in [0, 0.1) is 11.8 Å². The summed E-state index contributed by atoms with van der Waals surface area (Å²) in [6.07, 6.45) is 6.10. The second-order valence-corrected chi connectivity index (χ2v) is 6.64. The van der Waals surface area contributed by atoms with Crippen LogP contribution in [0.25, 0.3) is 11.1 Å². The number of aryl methyl sites for hydroxylation is 1. The summed E-state index contributed by atoms with van der Waals surface area (Å²) in [6, 6.07) is 6.87. The van der Waals surface area contributed by atoms with Crippen LogP contribution >= 0.6 is 0 Å². The molecule has 0 aliphatic heterocycles. The highest BCUT2D eigenvalue weighted by Gasteiger charge is 2.23. The molecule has 1 saturated carbocycles. The van der Waals surface area contributed by atoms with E-state index in [-0.39, 0.29) is 0 Å². The summed E-state index contributed by atoms with van der Waals surface area (Å²) in [7, 11) is 0. The van der Waals surface area contributed by atoms with Gasteiger partial charge >= 0.3 is 0 Å². The molecule has 21 heavy (non-hydrogen) atoms. The van der Waals surface area contributed by atoms with Crippen molar-refractivity contribution in [3.05, 3.63) is 24.1 Å². The molecule has 3 rings (SSSR count). The van der Waals surface area contributed by atoms with Crippen LogP contribution in [0.2, 0.25) is 0 Å². The average molecular weight is 286 g/mol. The minimum atomic E-state index is 0.606. The van der Waals surface area contributed by atoms with Crippen molar-refractivity contribution in [2.45, 2.75) is 58.9 Å². The average Bonchev–Trinajstić information content (AvgIpc) is 2.90. The van der Waals surface area contributed by atoms with Crippen molar-refractivity contribution in [2.24, 2.45) is 11.8 Å². The number of nitrogens with one attached hydrogen (secondary N) is 1. The smallest absolute Gasteiger partial charge is 0.195 e. The summed E-state index contributed by atoms with van der Waals surface area (Å²) in [5.74, 6) is 2.55. The van der Waals surface area contributed by atoms with E-state index in [1.165, 1.54) is 31.4 Å². The number of benzene rings is 1. The van der Waals surface area contributed by atoms with Crippen LogP contribution in [0.1, 0.15) is 52.3 Å². The van der Waals surface area contributed by atoms with Gasteiger partial charge in [0.25, 0.3) is 0 Å². The fraction of sp³-hybridized carbons (Fsp3) is 0.611. The quantitative estimate of drug-likeness (QED) is 0.858. The van der Waals surface area contributed by atoms with Crippen molar-refractivity contribution in [1.82, 2.24) is 4.98 Å². The van der Waals surface area contributed by atoms with E-state index in [0.29, 0.717) is 6.04 Å². The highest BCUT2D eigenvalue weighted by atomic mass is 16.3. The first-order valence-corrected chi connectivity index (χ1v) is 8.31. The molecule has 3 nitrogen and oxygen atoms in total. The molecule has 0 saturated heterocycles. The van der Waals surface area contributed by atoms with Gasteiger partial charge in [-0.05, 0) is 55.7 Å². The molecule has 0 amide bonds. The summed E-state index contributed by atoms with van der Waals surface area (Å²) in [4.78, 5) is 4.51. The molecule has 0 unspecified atom stereocenters. The summed E-state index contributed by atoms with van der Waals surface area (Å²) < 4.78 is 5.66. The Labute approximate surface area is 127 Å². The van der Waals surface area contributed by atoms with Gasteiger partial charge in [-0.15, -0.1) is 0 Å². The molecule has 0 bridgehead atoms. The fourth-order valence-electron chi connectivity index (χ4n) is 3.38. The monoisotopic (exact) mass is 286 g/mol. The predicted octanol–water partition coefficient (Wildman–Crippen LogP) is 5.02. The molecule has 1 heterocycles. The summed E-state index contributed by atoms with van der Waals surface area (Å²) in [5.41, 5.74) is 3.03. The zero-order valence-corrected chi connectivity index (χ0v) is 13.4. The van der Waals surface area contributed by atoms with Crippen molar-refractivity contribution >= 4 is 16.8 Å². The van der Waals surface area contributed by atoms with Gasteiger partial charge in [-0.25, -0.2) is 4.98 Å². The summed E-state index contributed by atoms with van der Waals surface area (Å²) in [6.45, 7) is 6.77. The molecule has 3 heteroatoms. The zero-order chi connectivity index (χ0) is 14.8. The minimum absolute atomic E-state index is 0.606. The predicted molar refractivity (Wildman–Crippen MR) is 87.6 cm³/mol. The van der Waals surface area contributed by atoms with Gasteiger partial charge in [0.2, 0.25) is 0 Å². The van der Waals surface area contributed by atoms with E-state index in [4.69, 9.17) is 4.42 Å². The maximum Gasteiger partial charge on any atom is 0.195 e. The van der Waals surface area contributed by atoms with Crippen LogP contribution in [0.4, 0.5) is 5.69 Å². The molecule has 114 valence electrons. The highest BCUT2D eigenvalue weighted by Crippen LogP contribution is 2.31. The number of rotatable bonds is 4. The number of hydrogen-bond donors (Lipinski definition) is 1. The van der Waals surface area contributed by atoms with Crippen molar-refractivity contribution in [3.63, 3.8) is 0 Å². The maximum atomic E-state index is 5.66. The number of nitrogens with zero attached hydrogens (tertiary/aromatic N) is 1. The molecule has 1 N–H and O–H groups in total. The molecular weight excluding hydrogens is 260 g/mol. The number of anilines is 1. The lowest BCUT2D eigenvalue weighted by atomic mass is 9.79. The lowest BCUT2D eigenvalue weighted by Gasteiger charge is -2.31. The Bertz CT molecular complexity index is 594. The van der Waals surface area contributed by atoms with Gasteiger partial charge in [-0.2, -0.15) is 0 Å². The number of aromatic nitrogens is 1. The van der Waals surface area contributed by atoms with Crippen LogP contribution in [-0.2, 0) is 6.42 Å². The lowest BCUT2D eigenvalue weighted by Crippen LogP contribution is -2.27. The van der Waals surface area contributed by atoms with Gasteiger partial charge < -0.3 is 9.73 Å². The third-order valence-corrected chi connectivity index (χ3v) is 4.82. The Hall–Kier alpha value is -1.51. The van der Waals surface area contributed by atoms with Crippen LogP contribution in [0.15, 0.2) is 22.6 Å². The van der Waals surface area contributed by atoms with E-state index < -0.39 is 0 Å². The molecule has 0 radical (unpaired) electrons. The molecule has 1 aliphatic rings. The SMILES string of the molecule is CCc1nc2cc(NC3CCC(C(C)C)CC3)ccc2o1. The molecule has 0 atom stereocenters. The van der Waals surface area contributed by atoms with Crippen LogP contribution in [0.5, 0.6) is 0 Å². The van der Waals surface area contributed by atoms with E-state index in [0.717, 1.165) is 35.2 Å². The first kappa shape index (κ1) is 14.4. The third-order valence-electron chi connectivity index (χ3n) is 4.82. The molecule has 1 aromatic heterocycles. The molecule has 2 aromatic rings. The zero-order valence-electron chi connectivity index (χ0n) is 13.4. The summed E-state index contributed by atoms with van der Waals surface area (Å²) >= 11 is 0. The van der Waals surface area contributed by atoms with E-state index in [9.17, 15) is 0 Å². The Morgan fingerprint density at radius 1 is 1.24 bits per heavy atom. The van der Waals surface area contributed by atoms with Crippen molar-refractivity contribution < 1.29 is 4.42 Å². The van der Waals surface area contributed by atoms with Gasteiger partial charge in [0, 0.05) is 18.2 Å². The van der Waals surface area contributed by atoms with Gasteiger partial charge in [0.1, 0.15) is 5.52 Å². The largest absolute Gasteiger partial charge is 0.441 e. The Morgan fingerprint density at radius 3 is 2.67 bits per heavy atom. The lowest BCUT2D eigenvalue weighted by molar-refractivity contribution is 0.267. The first-order valence-electron chi connectivity index (χ1n) is 8.31. The first-order chi connectivity index (χ1) is 10.2.